The van der Waals surface area contributed by atoms with Crippen molar-refractivity contribution in [3.8, 4) is 0 Å². The van der Waals surface area contributed by atoms with E-state index in [1.807, 2.05) is 9.80 Å². The molecule has 29 heavy (non-hydrogen) atoms. The first-order valence-electron chi connectivity index (χ1n) is 9.67. The van der Waals surface area contributed by atoms with E-state index in [1.54, 1.807) is 42.5 Å². The summed E-state index contributed by atoms with van der Waals surface area (Å²) in [4.78, 5) is 42.4. The second kappa shape index (κ2) is 7.75. The van der Waals surface area contributed by atoms with Gasteiger partial charge in [0, 0.05) is 31.7 Å². The molecule has 0 spiro atoms. The molecular formula is C22H22FN3O3. The molecule has 0 unspecified atom stereocenters. The van der Waals surface area contributed by atoms with Crippen molar-refractivity contribution in [1.82, 2.24) is 4.90 Å². The summed E-state index contributed by atoms with van der Waals surface area (Å²) in [6.45, 7) is 3.75. The van der Waals surface area contributed by atoms with E-state index in [-0.39, 0.29) is 29.8 Å². The van der Waals surface area contributed by atoms with Gasteiger partial charge in [-0.1, -0.05) is 24.3 Å². The van der Waals surface area contributed by atoms with Crippen LogP contribution in [0.15, 0.2) is 48.5 Å². The Kier molecular flexibility index (Phi) is 5.15. The summed E-state index contributed by atoms with van der Waals surface area (Å²) in [5, 5.41) is 0. The van der Waals surface area contributed by atoms with Gasteiger partial charge in [-0.3, -0.25) is 19.3 Å². The van der Waals surface area contributed by atoms with Gasteiger partial charge in [-0.25, -0.2) is 9.29 Å². The van der Waals surface area contributed by atoms with Crippen molar-refractivity contribution in [2.75, 3.05) is 36.0 Å². The van der Waals surface area contributed by atoms with Crippen molar-refractivity contribution in [2.24, 2.45) is 0 Å². The minimum absolute atomic E-state index is 0.114. The molecule has 2 aliphatic rings. The summed E-state index contributed by atoms with van der Waals surface area (Å²) in [5.41, 5.74) is 1.45. The number of Topliss-reactive ketones (excluding diaryl/α,β-unsaturated/α-hetero) is 1. The fourth-order valence-electron chi connectivity index (χ4n) is 4.02. The van der Waals surface area contributed by atoms with Crippen LogP contribution in [-0.4, -0.2) is 54.7 Å². The third-order valence-corrected chi connectivity index (χ3v) is 5.58. The minimum Gasteiger partial charge on any atom is -0.367 e. The number of hydrogen-bond acceptors (Lipinski definition) is 5. The summed E-state index contributed by atoms with van der Waals surface area (Å²) in [5.74, 6) is -0.913. The molecule has 2 saturated heterocycles. The summed E-state index contributed by atoms with van der Waals surface area (Å²) < 4.78 is 14.0. The lowest BCUT2D eigenvalue weighted by atomic mass is 10.1. The van der Waals surface area contributed by atoms with Crippen LogP contribution in [0.5, 0.6) is 0 Å². The van der Waals surface area contributed by atoms with Gasteiger partial charge >= 0.3 is 0 Å². The van der Waals surface area contributed by atoms with Gasteiger partial charge in [-0.05, 0) is 31.2 Å². The van der Waals surface area contributed by atoms with Crippen molar-refractivity contribution in [3.63, 3.8) is 0 Å². The lowest BCUT2D eigenvalue weighted by molar-refractivity contribution is -0.123. The molecule has 0 saturated carbocycles. The van der Waals surface area contributed by atoms with Crippen LogP contribution in [0.1, 0.15) is 23.7 Å². The van der Waals surface area contributed by atoms with E-state index in [2.05, 4.69) is 0 Å². The second-order valence-corrected chi connectivity index (χ2v) is 7.37. The molecule has 2 aliphatic heterocycles. The van der Waals surface area contributed by atoms with E-state index in [0.717, 1.165) is 0 Å². The smallest absolute Gasteiger partial charge is 0.251 e. The number of hydrogen-bond donors (Lipinski definition) is 0. The zero-order valence-corrected chi connectivity index (χ0v) is 16.2. The third-order valence-electron chi connectivity index (χ3n) is 5.58. The van der Waals surface area contributed by atoms with Crippen LogP contribution in [0.2, 0.25) is 0 Å². The monoisotopic (exact) mass is 395 g/mol. The van der Waals surface area contributed by atoms with E-state index in [0.29, 0.717) is 43.1 Å². The molecule has 150 valence electrons. The average Bonchev–Trinajstić information content (AvgIpc) is 3.02. The van der Waals surface area contributed by atoms with Crippen LogP contribution in [0.3, 0.4) is 0 Å². The maximum Gasteiger partial charge on any atom is 0.251 e. The second-order valence-electron chi connectivity index (χ2n) is 7.37. The maximum atomic E-state index is 14.0. The number of benzene rings is 2. The van der Waals surface area contributed by atoms with Crippen LogP contribution in [-0.2, 0) is 9.59 Å². The number of rotatable bonds is 4. The third kappa shape index (κ3) is 3.65. The molecule has 0 N–H and O–H groups in total. The number of imide groups is 1. The van der Waals surface area contributed by atoms with E-state index in [9.17, 15) is 18.8 Å². The number of amides is 2. The summed E-state index contributed by atoms with van der Waals surface area (Å²) >= 11 is 0. The predicted molar refractivity (Wildman–Crippen MR) is 108 cm³/mol. The highest BCUT2D eigenvalue weighted by Gasteiger charge is 2.43. The first-order valence-corrected chi connectivity index (χ1v) is 9.67. The number of anilines is 2. The Labute approximate surface area is 168 Å². The molecule has 7 heteroatoms. The Bertz CT molecular complexity index is 969. The molecule has 1 atom stereocenters. The van der Waals surface area contributed by atoms with E-state index in [1.165, 1.54) is 17.9 Å². The standard InChI is InChI=1S/C22H22FN3O3/c1-15(27)16-5-4-6-17(13-16)26-21(28)14-20(22(26)29)25-11-9-24(10-12-25)19-8-3-2-7-18(19)23/h2-8,13,20H,9-12,14H2,1H3/t20-/m1/s1. The molecule has 2 aromatic rings. The van der Waals surface area contributed by atoms with Gasteiger partial charge in [0.05, 0.1) is 23.8 Å². The van der Waals surface area contributed by atoms with E-state index < -0.39 is 6.04 Å². The Hall–Kier alpha value is -3.06. The normalized spacial score (nSPS) is 20.4. The number of carbonyl (C=O) groups excluding carboxylic acids is 3. The average molecular weight is 395 g/mol. The molecule has 4 rings (SSSR count). The summed E-state index contributed by atoms with van der Waals surface area (Å²) in [6, 6.07) is 12.7. The van der Waals surface area contributed by atoms with Gasteiger partial charge < -0.3 is 4.90 Å². The van der Waals surface area contributed by atoms with E-state index in [4.69, 9.17) is 0 Å². The van der Waals surface area contributed by atoms with Gasteiger partial charge in [0.2, 0.25) is 5.91 Å². The van der Waals surface area contributed by atoms with Crippen molar-refractivity contribution >= 4 is 29.0 Å². The van der Waals surface area contributed by atoms with Gasteiger partial charge in [-0.2, -0.15) is 0 Å². The number of carbonyl (C=O) groups is 3. The number of nitrogens with zero attached hydrogens (tertiary/aromatic N) is 3. The lowest BCUT2D eigenvalue weighted by Gasteiger charge is -2.38. The van der Waals surface area contributed by atoms with Crippen molar-refractivity contribution in [2.45, 2.75) is 19.4 Å². The largest absolute Gasteiger partial charge is 0.367 e. The van der Waals surface area contributed by atoms with Crippen molar-refractivity contribution in [1.29, 1.82) is 0 Å². The first kappa shape index (κ1) is 19.3. The highest BCUT2D eigenvalue weighted by atomic mass is 19.1. The SMILES string of the molecule is CC(=O)c1cccc(N2C(=O)C[C@@H](N3CCN(c4ccccc4F)CC3)C2=O)c1. The summed E-state index contributed by atoms with van der Waals surface area (Å²) in [7, 11) is 0. The Morgan fingerprint density at radius 1 is 1.00 bits per heavy atom. The lowest BCUT2D eigenvalue weighted by Crippen LogP contribution is -2.52. The van der Waals surface area contributed by atoms with Crippen LogP contribution in [0, 0.1) is 5.82 Å². The number of halogens is 1. The van der Waals surface area contributed by atoms with Crippen LogP contribution in [0.25, 0.3) is 0 Å². The Balaban J connectivity index is 1.47. The highest BCUT2D eigenvalue weighted by molar-refractivity contribution is 6.22. The molecule has 2 heterocycles. The Morgan fingerprint density at radius 3 is 2.41 bits per heavy atom. The number of para-hydroxylation sites is 1. The molecule has 6 nitrogen and oxygen atoms in total. The van der Waals surface area contributed by atoms with Crippen LogP contribution >= 0.6 is 0 Å². The molecule has 0 radical (unpaired) electrons. The zero-order valence-electron chi connectivity index (χ0n) is 16.2. The number of ketones is 1. The minimum atomic E-state index is -0.522. The molecule has 2 fully saturated rings. The van der Waals surface area contributed by atoms with Crippen molar-refractivity contribution in [3.05, 3.63) is 59.9 Å². The molecule has 2 aromatic carbocycles. The fraction of sp³-hybridized carbons (Fsp3) is 0.318. The molecular weight excluding hydrogens is 373 g/mol. The Morgan fingerprint density at radius 2 is 1.72 bits per heavy atom. The maximum absolute atomic E-state index is 14.0. The molecule has 0 bridgehead atoms. The topological polar surface area (TPSA) is 60.9 Å². The van der Waals surface area contributed by atoms with Crippen LogP contribution in [0.4, 0.5) is 15.8 Å². The van der Waals surface area contributed by atoms with E-state index >= 15 is 0 Å². The quantitative estimate of drug-likeness (QED) is 0.588. The molecule has 0 aliphatic carbocycles. The zero-order chi connectivity index (χ0) is 20.5. The molecule has 2 amide bonds. The van der Waals surface area contributed by atoms with Gasteiger partial charge in [0.1, 0.15) is 5.82 Å². The van der Waals surface area contributed by atoms with Gasteiger partial charge in [0.15, 0.2) is 5.78 Å². The predicted octanol–water partition coefficient (Wildman–Crippen LogP) is 2.48. The molecule has 0 aromatic heterocycles. The van der Waals surface area contributed by atoms with Crippen LogP contribution < -0.4 is 9.80 Å². The van der Waals surface area contributed by atoms with Gasteiger partial charge in [0.25, 0.3) is 5.91 Å². The first-order chi connectivity index (χ1) is 14.0. The van der Waals surface area contributed by atoms with Crippen molar-refractivity contribution < 1.29 is 18.8 Å². The summed E-state index contributed by atoms with van der Waals surface area (Å²) in [6.07, 6.45) is 0.114. The highest BCUT2D eigenvalue weighted by Crippen LogP contribution is 2.28. The number of piperazine rings is 1. The fourth-order valence-corrected chi connectivity index (χ4v) is 4.02. The van der Waals surface area contributed by atoms with Gasteiger partial charge in [-0.15, -0.1) is 0 Å².